The number of hydrogen-bond donors (Lipinski definition) is 1. The van der Waals surface area contributed by atoms with Crippen LogP contribution < -0.4 is 5.32 Å². The summed E-state index contributed by atoms with van der Waals surface area (Å²) in [6.07, 6.45) is 6.30. The quantitative estimate of drug-likeness (QED) is 0.772. The first-order valence-corrected chi connectivity index (χ1v) is 8.52. The van der Waals surface area contributed by atoms with Gasteiger partial charge in [0.25, 0.3) is 0 Å². The highest BCUT2D eigenvalue weighted by Gasteiger charge is 2.22. The molecule has 0 radical (unpaired) electrons. The minimum absolute atomic E-state index is 0.0501. The van der Waals surface area contributed by atoms with Gasteiger partial charge in [-0.25, -0.2) is 0 Å². The maximum Gasteiger partial charge on any atom is 0.242 e. The molecule has 1 atom stereocenters. The molecule has 0 bridgehead atoms. The first-order chi connectivity index (χ1) is 11.9. The average Bonchev–Trinajstić information content (AvgIpc) is 2.95. The monoisotopic (exact) mass is 336 g/mol. The molecule has 25 heavy (non-hydrogen) atoms. The van der Waals surface area contributed by atoms with Crippen molar-refractivity contribution in [3.63, 3.8) is 0 Å². The van der Waals surface area contributed by atoms with Crippen molar-refractivity contribution in [1.29, 1.82) is 0 Å². The molecule has 3 rings (SSSR count). The molecular weight excluding hydrogens is 312 g/mol. The molecule has 0 spiro atoms. The molecule has 5 nitrogen and oxygen atoms in total. The van der Waals surface area contributed by atoms with Gasteiger partial charge in [0.15, 0.2) is 0 Å². The van der Waals surface area contributed by atoms with E-state index in [-0.39, 0.29) is 23.9 Å². The van der Waals surface area contributed by atoms with Crippen LogP contribution in [0.2, 0.25) is 0 Å². The molecule has 2 aromatic heterocycles. The van der Waals surface area contributed by atoms with E-state index in [1.165, 1.54) is 0 Å². The SMILES string of the molecule is CC(C)(C)C[C@H](NC(=O)Cn1cc2ccccc2n1)c1cccnc1. The molecule has 1 amide bonds. The summed E-state index contributed by atoms with van der Waals surface area (Å²) < 4.78 is 1.69. The van der Waals surface area contributed by atoms with Gasteiger partial charge >= 0.3 is 0 Å². The second-order valence-electron chi connectivity index (χ2n) is 7.56. The van der Waals surface area contributed by atoms with Crippen LogP contribution in [0.4, 0.5) is 0 Å². The summed E-state index contributed by atoms with van der Waals surface area (Å²) in [4.78, 5) is 16.8. The van der Waals surface area contributed by atoms with Gasteiger partial charge in [0.2, 0.25) is 5.91 Å². The second kappa shape index (κ2) is 7.05. The summed E-state index contributed by atoms with van der Waals surface area (Å²) in [5.74, 6) is -0.0501. The van der Waals surface area contributed by atoms with Crippen LogP contribution in [-0.2, 0) is 11.3 Å². The minimum Gasteiger partial charge on any atom is -0.348 e. The number of benzene rings is 1. The van der Waals surface area contributed by atoms with Gasteiger partial charge in [0.05, 0.1) is 11.6 Å². The zero-order valence-corrected chi connectivity index (χ0v) is 14.9. The number of pyridine rings is 1. The number of hydrogen-bond acceptors (Lipinski definition) is 3. The number of amides is 1. The number of fused-ring (bicyclic) bond motifs is 1. The van der Waals surface area contributed by atoms with E-state index in [1.807, 2.05) is 48.8 Å². The molecule has 1 aromatic carbocycles. The Hall–Kier alpha value is -2.69. The van der Waals surface area contributed by atoms with Crippen LogP contribution in [0.1, 0.15) is 38.8 Å². The van der Waals surface area contributed by atoms with Gasteiger partial charge in [0.1, 0.15) is 6.54 Å². The Labute approximate surface area is 148 Å². The summed E-state index contributed by atoms with van der Waals surface area (Å²) >= 11 is 0. The van der Waals surface area contributed by atoms with Gasteiger partial charge < -0.3 is 5.32 Å². The fraction of sp³-hybridized carbons (Fsp3) is 0.350. The van der Waals surface area contributed by atoms with Gasteiger partial charge in [-0.2, -0.15) is 5.10 Å². The summed E-state index contributed by atoms with van der Waals surface area (Å²) in [5.41, 5.74) is 2.01. The van der Waals surface area contributed by atoms with Gasteiger partial charge in [-0.1, -0.05) is 45.0 Å². The maximum absolute atomic E-state index is 12.6. The van der Waals surface area contributed by atoms with E-state index in [4.69, 9.17) is 0 Å². The van der Waals surface area contributed by atoms with Crippen molar-refractivity contribution in [3.05, 3.63) is 60.6 Å². The molecule has 0 aliphatic rings. The van der Waals surface area contributed by atoms with Crippen LogP contribution in [-0.4, -0.2) is 20.7 Å². The Bertz CT molecular complexity index is 816. The highest BCUT2D eigenvalue weighted by molar-refractivity contribution is 5.80. The van der Waals surface area contributed by atoms with Crippen LogP contribution in [0.15, 0.2) is 55.0 Å². The highest BCUT2D eigenvalue weighted by Crippen LogP contribution is 2.29. The summed E-state index contributed by atoms with van der Waals surface area (Å²) in [6.45, 7) is 6.71. The van der Waals surface area contributed by atoms with Crippen molar-refractivity contribution in [2.75, 3.05) is 0 Å². The van der Waals surface area contributed by atoms with Gasteiger partial charge in [0, 0.05) is 24.0 Å². The lowest BCUT2D eigenvalue weighted by atomic mass is 9.86. The maximum atomic E-state index is 12.6. The largest absolute Gasteiger partial charge is 0.348 e. The summed E-state index contributed by atoms with van der Waals surface area (Å²) in [7, 11) is 0. The van der Waals surface area contributed by atoms with Crippen LogP contribution in [0.5, 0.6) is 0 Å². The van der Waals surface area contributed by atoms with E-state index in [9.17, 15) is 4.79 Å². The Morgan fingerprint density at radius 3 is 2.68 bits per heavy atom. The van der Waals surface area contributed by atoms with Crippen LogP contribution in [0.3, 0.4) is 0 Å². The molecule has 0 aliphatic carbocycles. The van der Waals surface area contributed by atoms with E-state index in [0.717, 1.165) is 22.9 Å². The molecular formula is C20H24N4O. The lowest BCUT2D eigenvalue weighted by molar-refractivity contribution is -0.122. The third kappa shape index (κ3) is 4.66. The first kappa shape index (κ1) is 17.1. The van der Waals surface area contributed by atoms with Gasteiger partial charge in [-0.05, 0) is 29.5 Å². The molecule has 5 heteroatoms. The molecule has 1 N–H and O–H groups in total. The third-order valence-corrected chi connectivity index (χ3v) is 4.01. The number of rotatable bonds is 5. The van der Waals surface area contributed by atoms with Crippen LogP contribution >= 0.6 is 0 Å². The molecule has 130 valence electrons. The lowest BCUT2D eigenvalue weighted by Crippen LogP contribution is -2.33. The second-order valence-corrected chi connectivity index (χ2v) is 7.56. The predicted octanol–water partition coefficient (Wildman–Crippen LogP) is 3.73. The Morgan fingerprint density at radius 1 is 1.20 bits per heavy atom. The fourth-order valence-corrected chi connectivity index (χ4v) is 2.93. The van der Waals surface area contributed by atoms with E-state index in [0.29, 0.717) is 0 Å². The van der Waals surface area contributed by atoms with E-state index < -0.39 is 0 Å². The fourth-order valence-electron chi connectivity index (χ4n) is 2.93. The van der Waals surface area contributed by atoms with Crippen molar-refractivity contribution in [3.8, 4) is 0 Å². The minimum atomic E-state index is -0.0637. The molecule has 3 aromatic rings. The smallest absolute Gasteiger partial charge is 0.242 e. The average molecular weight is 336 g/mol. The molecule has 0 fully saturated rings. The molecule has 0 saturated carbocycles. The lowest BCUT2D eigenvalue weighted by Gasteiger charge is -2.27. The number of carbonyl (C=O) groups is 1. The summed E-state index contributed by atoms with van der Waals surface area (Å²) in [6, 6.07) is 11.7. The Morgan fingerprint density at radius 2 is 2.00 bits per heavy atom. The number of aromatic nitrogens is 3. The zero-order chi connectivity index (χ0) is 17.9. The van der Waals surface area contributed by atoms with Crippen LogP contribution in [0.25, 0.3) is 10.9 Å². The van der Waals surface area contributed by atoms with Crippen molar-refractivity contribution in [1.82, 2.24) is 20.1 Å². The predicted molar refractivity (Wildman–Crippen MR) is 98.9 cm³/mol. The van der Waals surface area contributed by atoms with Gasteiger partial charge in [-0.15, -0.1) is 0 Å². The number of nitrogens with zero attached hydrogens (tertiary/aromatic N) is 3. The molecule has 2 heterocycles. The topological polar surface area (TPSA) is 59.8 Å². The van der Waals surface area contributed by atoms with E-state index >= 15 is 0 Å². The Balaban J connectivity index is 1.73. The van der Waals surface area contributed by atoms with E-state index in [1.54, 1.807) is 10.9 Å². The highest BCUT2D eigenvalue weighted by atomic mass is 16.2. The molecule has 0 saturated heterocycles. The van der Waals surface area contributed by atoms with Crippen molar-refractivity contribution in [2.45, 2.75) is 39.8 Å². The van der Waals surface area contributed by atoms with Crippen molar-refractivity contribution < 1.29 is 4.79 Å². The standard InChI is InChI=1S/C20H24N4O/c1-20(2,3)11-18(15-8-6-10-21-12-15)22-19(25)14-24-13-16-7-4-5-9-17(16)23-24/h4-10,12-13,18H,11,14H2,1-3H3,(H,22,25)/t18-/m0/s1. The Kier molecular flexibility index (Phi) is 4.83. The molecule has 0 unspecified atom stereocenters. The third-order valence-electron chi connectivity index (χ3n) is 4.01. The number of carbonyl (C=O) groups excluding carboxylic acids is 1. The van der Waals surface area contributed by atoms with Crippen LogP contribution in [0, 0.1) is 5.41 Å². The van der Waals surface area contributed by atoms with Crippen molar-refractivity contribution >= 4 is 16.8 Å². The zero-order valence-electron chi connectivity index (χ0n) is 14.9. The first-order valence-electron chi connectivity index (χ1n) is 8.52. The summed E-state index contributed by atoms with van der Waals surface area (Å²) in [5, 5.41) is 8.63. The van der Waals surface area contributed by atoms with Gasteiger partial charge in [-0.3, -0.25) is 14.5 Å². The van der Waals surface area contributed by atoms with E-state index in [2.05, 4.69) is 36.2 Å². The molecule has 0 aliphatic heterocycles. The normalized spacial score (nSPS) is 12.9. The van der Waals surface area contributed by atoms with Crippen molar-refractivity contribution in [2.24, 2.45) is 5.41 Å². The number of nitrogens with one attached hydrogen (secondary N) is 1.